The van der Waals surface area contributed by atoms with Crippen molar-refractivity contribution in [2.45, 2.75) is 13.1 Å². The number of hydrogen-bond acceptors (Lipinski definition) is 6. The van der Waals surface area contributed by atoms with Crippen LogP contribution in [0.2, 0.25) is 0 Å². The Morgan fingerprint density at radius 3 is 2.79 bits per heavy atom. The molecule has 1 N–H and O–H groups in total. The van der Waals surface area contributed by atoms with Crippen molar-refractivity contribution in [3.05, 3.63) is 53.2 Å². The highest BCUT2D eigenvalue weighted by Gasteiger charge is 2.13. The minimum Gasteiger partial charge on any atom is -0.379 e. The van der Waals surface area contributed by atoms with E-state index in [0.717, 1.165) is 55.4 Å². The van der Waals surface area contributed by atoms with Gasteiger partial charge in [-0.15, -0.1) is 11.3 Å². The lowest BCUT2D eigenvalue weighted by molar-refractivity contribution is 0.0341. The number of fused-ring (bicyclic) bond motifs is 1. The Labute approximate surface area is 145 Å². The maximum absolute atomic E-state index is 5.44. The van der Waals surface area contributed by atoms with Gasteiger partial charge in [0.2, 0.25) is 0 Å². The van der Waals surface area contributed by atoms with Crippen molar-refractivity contribution in [3.8, 4) is 0 Å². The molecule has 3 aromatic rings. The second kappa shape index (κ2) is 7.25. The van der Waals surface area contributed by atoms with Gasteiger partial charge in [-0.3, -0.25) is 4.90 Å². The lowest BCUT2D eigenvalue weighted by atomic mass is 10.1. The number of nitrogens with one attached hydrogen (secondary N) is 1. The van der Waals surface area contributed by atoms with E-state index in [1.54, 1.807) is 17.7 Å². The van der Waals surface area contributed by atoms with Crippen LogP contribution in [0.15, 0.2) is 42.0 Å². The van der Waals surface area contributed by atoms with Gasteiger partial charge >= 0.3 is 0 Å². The van der Waals surface area contributed by atoms with E-state index in [-0.39, 0.29) is 0 Å². The normalized spacial score (nSPS) is 15.7. The summed E-state index contributed by atoms with van der Waals surface area (Å²) in [4.78, 5) is 12.2. The summed E-state index contributed by atoms with van der Waals surface area (Å²) in [7, 11) is 0. The molecule has 0 spiro atoms. The molecular weight excluding hydrogens is 320 g/mol. The summed E-state index contributed by atoms with van der Waals surface area (Å²) in [5, 5.41) is 6.62. The van der Waals surface area contributed by atoms with Crippen LogP contribution in [0.25, 0.3) is 10.2 Å². The smallest absolute Gasteiger partial charge is 0.138 e. The minimum absolute atomic E-state index is 0.766. The number of morpholine rings is 1. The average Bonchev–Trinajstić information content (AvgIpc) is 3.11. The van der Waals surface area contributed by atoms with Gasteiger partial charge in [0.15, 0.2) is 0 Å². The van der Waals surface area contributed by atoms with Crippen LogP contribution in [0.5, 0.6) is 0 Å². The van der Waals surface area contributed by atoms with Crippen LogP contribution in [0.3, 0.4) is 0 Å². The fourth-order valence-electron chi connectivity index (χ4n) is 2.99. The Balaban J connectivity index is 1.49. The SMILES string of the molecule is c1ccc(CN2CCOCC2)c(CNc2ncnc3sccc23)c1. The highest BCUT2D eigenvalue weighted by molar-refractivity contribution is 7.16. The zero-order valence-electron chi connectivity index (χ0n) is 13.4. The summed E-state index contributed by atoms with van der Waals surface area (Å²) in [6.45, 7) is 5.41. The molecule has 1 saturated heterocycles. The third-order valence-corrected chi connectivity index (χ3v) is 5.14. The Bertz CT molecular complexity index is 813. The Morgan fingerprint density at radius 2 is 1.92 bits per heavy atom. The van der Waals surface area contributed by atoms with Gasteiger partial charge in [-0.2, -0.15) is 0 Å². The molecule has 5 nitrogen and oxygen atoms in total. The first-order valence-corrected chi connectivity index (χ1v) is 9.07. The van der Waals surface area contributed by atoms with E-state index in [1.807, 2.05) is 0 Å². The van der Waals surface area contributed by atoms with Crippen LogP contribution >= 0.6 is 11.3 Å². The number of aromatic nitrogens is 2. The third kappa shape index (κ3) is 3.40. The van der Waals surface area contributed by atoms with E-state index < -0.39 is 0 Å². The number of hydrogen-bond donors (Lipinski definition) is 1. The first-order chi connectivity index (χ1) is 11.9. The number of benzene rings is 1. The van der Waals surface area contributed by atoms with Gasteiger partial charge in [0.05, 0.1) is 18.6 Å². The second-order valence-corrected chi connectivity index (χ2v) is 6.77. The molecule has 4 rings (SSSR count). The summed E-state index contributed by atoms with van der Waals surface area (Å²) >= 11 is 1.64. The van der Waals surface area contributed by atoms with Gasteiger partial charge in [0, 0.05) is 26.2 Å². The van der Waals surface area contributed by atoms with Crippen LogP contribution in [0, 0.1) is 0 Å². The molecule has 0 bridgehead atoms. The predicted molar refractivity (Wildman–Crippen MR) is 97.3 cm³/mol. The van der Waals surface area contributed by atoms with E-state index in [0.29, 0.717) is 0 Å². The van der Waals surface area contributed by atoms with Crippen LogP contribution in [-0.2, 0) is 17.8 Å². The Morgan fingerprint density at radius 1 is 1.08 bits per heavy atom. The number of thiophene rings is 1. The zero-order chi connectivity index (χ0) is 16.2. The number of nitrogens with zero attached hydrogens (tertiary/aromatic N) is 3. The predicted octanol–water partition coefficient (Wildman–Crippen LogP) is 3.14. The van der Waals surface area contributed by atoms with Crippen molar-refractivity contribution in [1.29, 1.82) is 0 Å². The molecule has 0 atom stereocenters. The maximum Gasteiger partial charge on any atom is 0.138 e. The first-order valence-electron chi connectivity index (χ1n) is 8.19. The fraction of sp³-hybridized carbons (Fsp3) is 0.333. The first kappa shape index (κ1) is 15.5. The average molecular weight is 340 g/mol. The highest BCUT2D eigenvalue weighted by atomic mass is 32.1. The molecule has 3 heterocycles. The van der Waals surface area contributed by atoms with Gasteiger partial charge < -0.3 is 10.1 Å². The van der Waals surface area contributed by atoms with Gasteiger partial charge in [-0.25, -0.2) is 9.97 Å². The van der Waals surface area contributed by atoms with Crippen molar-refractivity contribution < 1.29 is 4.74 Å². The summed E-state index contributed by atoms with van der Waals surface area (Å²) in [6, 6.07) is 10.7. The Hall–Kier alpha value is -2.02. The van der Waals surface area contributed by atoms with Crippen LogP contribution in [0.4, 0.5) is 5.82 Å². The van der Waals surface area contributed by atoms with Crippen LogP contribution in [-0.4, -0.2) is 41.2 Å². The molecule has 0 radical (unpaired) electrons. The molecule has 1 aliphatic rings. The molecule has 1 fully saturated rings. The summed E-state index contributed by atoms with van der Waals surface area (Å²) in [6.07, 6.45) is 1.63. The number of rotatable bonds is 5. The Kier molecular flexibility index (Phi) is 4.69. The van der Waals surface area contributed by atoms with E-state index >= 15 is 0 Å². The second-order valence-electron chi connectivity index (χ2n) is 5.87. The van der Waals surface area contributed by atoms with Gasteiger partial charge in [-0.1, -0.05) is 24.3 Å². The number of anilines is 1. The monoisotopic (exact) mass is 340 g/mol. The maximum atomic E-state index is 5.44. The summed E-state index contributed by atoms with van der Waals surface area (Å²) < 4.78 is 5.44. The largest absolute Gasteiger partial charge is 0.379 e. The lowest BCUT2D eigenvalue weighted by Crippen LogP contribution is -2.35. The van der Waals surface area contributed by atoms with Crippen molar-refractivity contribution in [3.63, 3.8) is 0 Å². The van der Waals surface area contributed by atoms with Crippen molar-refractivity contribution in [2.24, 2.45) is 0 Å². The summed E-state index contributed by atoms with van der Waals surface area (Å²) in [5.74, 6) is 0.905. The molecule has 124 valence electrons. The fourth-order valence-corrected chi connectivity index (χ4v) is 3.73. The number of ether oxygens (including phenoxy) is 1. The minimum atomic E-state index is 0.766. The molecule has 0 saturated carbocycles. The van der Waals surface area contributed by atoms with Gasteiger partial charge in [0.25, 0.3) is 0 Å². The van der Waals surface area contributed by atoms with E-state index in [1.165, 1.54) is 11.1 Å². The van der Waals surface area contributed by atoms with E-state index in [4.69, 9.17) is 4.74 Å². The molecule has 0 unspecified atom stereocenters. The third-order valence-electron chi connectivity index (χ3n) is 4.32. The molecular formula is C18H20N4OS. The lowest BCUT2D eigenvalue weighted by Gasteiger charge is -2.27. The van der Waals surface area contributed by atoms with Crippen LogP contribution in [0.1, 0.15) is 11.1 Å². The molecule has 2 aromatic heterocycles. The van der Waals surface area contributed by atoms with Crippen molar-refractivity contribution in [2.75, 3.05) is 31.6 Å². The van der Waals surface area contributed by atoms with E-state index in [9.17, 15) is 0 Å². The van der Waals surface area contributed by atoms with Crippen molar-refractivity contribution >= 4 is 27.4 Å². The molecule has 0 aliphatic carbocycles. The topological polar surface area (TPSA) is 50.3 Å². The van der Waals surface area contributed by atoms with Gasteiger partial charge in [-0.05, 0) is 22.6 Å². The van der Waals surface area contributed by atoms with Gasteiger partial charge in [0.1, 0.15) is 17.0 Å². The molecule has 1 aromatic carbocycles. The quantitative estimate of drug-likeness (QED) is 0.773. The molecule has 1 aliphatic heterocycles. The van der Waals surface area contributed by atoms with Crippen molar-refractivity contribution in [1.82, 2.24) is 14.9 Å². The zero-order valence-corrected chi connectivity index (χ0v) is 14.3. The molecule has 6 heteroatoms. The highest BCUT2D eigenvalue weighted by Crippen LogP contribution is 2.24. The summed E-state index contributed by atoms with van der Waals surface area (Å²) in [5.41, 5.74) is 2.67. The molecule has 24 heavy (non-hydrogen) atoms. The molecule has 0 amide bonds. The van der Waals surface area contributed by atoms with E-state index in [2.05, 4.69) is 55.9 Å². The standard InChI is InChI=1S/C18H20N4OS/c1-2-4-15(12-22-6-8-23-9-7-22)14(3-1)11-19-17-16-5-10-24-18(16)21-13-20-17/h1-5,10,13H,6-9,11-12H2,(H,19,20,21). The van der Waals surface area contributed by atoms with Crippen LogP contribution < -0.4 is 5.32 Å².